The fourth-order valence-electron chi connectivity index (χ4n) is 3.65. The molecule has 2 aromatic heterocycles. The Morgan fingerprint density at radius 1 is 1.11 bits per heavy atom. The van der Waals surface area contributed by atoms with Gasteiger partial charge in [-0.15, -0.1) is 0 Å². The number of pyridine rings is 1. The van der Waals surface area contributed by atoms with Crippen LogP contribution in [0.2, 0.25) is 0 Å². The number of aryl methyl sites for hydroxylation is 1. The van der Waals surface area contributed by atoms with Crippen molar-refractivity contribution in [3.05, 3.63) is 58.2 Å². The van der Waals surface area contributed by atoms with Crippen LogP contribution in [-0.4, -0.2) is 51.6 Å². The number of nitrogens with one attached hydrogen (secondary N) is 2. The Kier molecular flexibility index (Phi) is 7.66. The van der Waals surface area contributed by atoms with Crippen LogP contribution >= 0.6 is 0 Å². The molecule has 0 radical (unpaired) electrons. The zero-order valence-corrected chi connectivity index (χ0v) is 21.8. The number of hydrogen-bond acceptors (Lipinski definition) is 8. The lowest BCUT2D eigenvalue weighted by molar-refractivity contribution is -0.133. The number of carbonyl (C=O) groups excluding carboxylic acids is 2. The van der Waals surface area contributed by atoms with Crippen molar-refractivity contribution in [2.45, 2.75) is 59.1 Å². The van der Waals surface area contributed by atoms with Crippen LogP contribution in [-0.2, 0) is 16.0 Å². The molecule has 0 fully saturated rings. The zero-order valence-electron chi connectivity index (χ0n) is 21.8. The van der Waals surface area contributed by atoms with Gasteiger partial charge in [0.15, 0.2) is 0 Å². The summed E-state index contributed by atoms with van der Waals surface area (Å²) in [6.07, 6.45) is 1.70. The highest BCUT2D eigenvalue weighted by atomic mass is 16.6. The molecule has 36 heavy (non-hydrogen) atoms. The predicted molar refractivity (Wildman–Crippen MR) is 138 cm³/mol. The van der Waals surface area contributed by atoms with Gasteiger partial charge in [-0.05, 0) is 71.4 Å². The summed E-state index contributed by atoms with van der Waals surface area (Å²) in [6.45, 7) is 10.8. The lowest BCUT2D eigenvalue weighted by atomic mass is 10.0. The number of anilines is 2. The molecule has 0 aliphatic carbocycles. The van der Waals surface area contributed by atoms with Crippen molar-refractivity contribution >= 4 is 34.6 Å². The van der Waals surface area contributed by atoms with E-state index in [2.05, 4.69) is 20.6 Å². The SMILES string of the molecule is Cc1c(NC(=O)OC(C)(C)C)ccc2nc(NC(C)(C)C(=O)N(C)CCc3ccccn3)oc(=O)c12. The summed E-state index contributed by atoms with van der Waals surface area (Å²) in [5.41, 5.74) is -0.226. The van der Waals surface area contributed by atoms with Gasteiger partial charge >= 0.3 is 11.7 Å². The number of hydrogen-bond donors (Lipinski definition) is 2. The monoisotopic (exact) mass is 495 g/mol. The van der Waals surface area contributed by atoms with Crippen molar-refractivity contribution in [1.82, 2.24) is 14.9 Å². The van der Waals surface area contributed by atoms with E-state index in [1.54, 1.807) is 71.8 Å². The number of ether oxygens (including phenoxy) is 1. The molecule has 0 atom stereocenters. The molecule has 192 valence electrons. The molecule has 1 aromatic carbocycles. The summed E-state index contributed by atoms with van der Waals surface area (Å²) in [7, 11) is 1.71. The third-order valence-electron chi connectivity index (χ3n) is 5.42. The second-order valence-electron chi connectivity index (χ2n) is 10.1. The van der Waals surface area contributed by atoms with Crippen molar-refractivity contribution in [2.24, 2.45) is 0 Å². The normalized spacial score (nSPS) is 11.8. The van der Waals surface area contributed by atoms with Crippen LogP contribution in [0.3, 0.4) is 0 Å². The molecule has 0 bridgehead atoms. The molecule has 0 saturated heterocycles. The first-order valence-electron chi connectivity index (χ1n) is 11.6. The van der Waals surface area contributed by atoms with Crippen LogP contribution in [0.5, 0.6) is 0 Å². The minimum Gasteiger partial charge on any atom is -0.444 e. The minimum atomic E-state index is -1.09. The first-order valence-corrected chi connectivity index (χ1v) is 11.6. The third-order valence-corrected chi connectivity index (χ3v) is 5.42. The number of carbonyl (C=O) groups is 2. The van der Waals surface area contributed by atoms with E-state index in [9.17, 15) is 14.4 Å². The fraction of sp³-hybridized carbons (Fsp3) is 0.423. The first-order chi connectivity index (χ1) is 16.8. The molecule has 3 rings (SSSR count). The number of aromatic nitrogens is 2. The van der Waals surface area contributed by atoms with Crippen LogP contribution in [0.4, 0.5) is 16.5 Å². The van der Waals surface area contributed by atoms with Crippen LogP contribution in [0.15, 0.2) is 45.7 Å². The van der Waals surface area contributed by atoms with Crippen molar-refractivity contribution < 1.29 is 18.7 Å². The second kappa shape index (κ2) is 10.3. The number of benzene rings is 1. The van der Waals surface area contributed by atoms with E-state index in [0.717, 1.165) is 5.69 Å². The number of likely N-dealkylation sites (N-methyl/N-ethyl adjacent to an activating group) is 1. The average molecular weight is 496 g/mol. The zero-order chi connectivity index (χ0) is 26.7. The Labute approximate surface area is 210 Å². The fourth-order valence-corrected chi connectivity index (χ4v) is 3.65. The van der Waals surface area contributed by atoms with Gasteiger partial charge in [0.1, 0.15) is 11.1 Å². The molecule has 0 aliphatic heterocycles. The Morgan fingerprint density at radius 3 is 2.47 bits per heavy atom. The first kappa shape index (κ1) is 26.7. The van der Waals surface area contributed by atoms with E-state index >= 15 is 0 Å². The van der Waals surface area contributed by atoms with Crippen molar-refractivity contribution in [3.8, 4) is 0 Å². The molecule has 3 aromatic rings. The van der Waals surface area contributed by atoms with Gasteiger partial charge in [0.2, 0.25) is 5.91 Å². The molecule has 2 amide bonds. The molecule has 2 heterocycles. The summed E-state index contributed by atoms with van der Waals surface area (Å²) in [5, 5.41) is 5.83. The van der Waals surface area contributed by atoms with Crippen LogP contribution in [0.25, 0.3) is 10.9 Å². The predicted octanol–water partition coefficient (Wildman–Crippen LogP) is 4.13. The van der Waals surface area contributed by atoms with Gasteiger partial charge < -0.3 is 19.4 Å². The van der Waals surface area contributed by atoms with Gasteiger partial charge in [0, 0.05) is 37.6 Å². The highest BCUT2D eigenvalue weighted by Gasteiger charge is 2.32. The summed E-state index contributed by atoms with van der Waals surface area (Å²) in [5.74, 6) is -0.198. The standard InChI is InChI=1S/C26H33N5O5/c1-16-18(29-24(34)36-25(2,3)4)11-12-19-20(16)21(32)35-23(28-19)30-26(5,6)22(33)31(7)15-13-17-10-8-9-14-27-17/h8-12,14H,13,15H2,1-7H3,(H,28,30)(H,29,34). The van der Waals surface area contributed by atoms with Gasteiger partial charge in [0.05, 0.1) is 10.9 Å². The maximum atomic E-state index is 13.1. The van der Waals surface area contributed by atoms with Crippen LogP contribution in [0.1, 0.15) is 45.9 Å². The Morgan fingerprint density at radius 2 is 1.83 bits per heavy atom. The summed E-state index contributed by atoms with van der Waals surface area (Å²) >= 11 is 0. The van der Waals surface area contributed by atoms with Gasteiger partial charge in [-0.2, -0.15) is 4.98 Å². The topological polar surface area (TPSA) is 127 Å². The quantitative estimate of drug-likeness (QED) is 0.501. The van der Waals surface area contributed by atoms with E-state index in [0.29, 0.717) is 29.7 Å². The highest BCUT2D eigenvalue weighted by molar-refractivity contribution is 5.93. The van der Waals surface area contributed by atoms with Crippen molar-refractivity contribution in [1.29, 1.82) is 0 Å². The molecule has 0 aliphatic rings. The Bertz CT molecular complexity index is 1310. The lowest BCUT2D eigenvalue weighted by Crippen LogP contribution is -2.49. The summed E-state index contributed by atoms with van der Waals surface area (Å²) in [6, 6.07) is 8.82. The molecule has 10 heteroatoms. The third kappa shape index (κ3) is 6.59. The molecule has 0 saturated carbocycles. The van der Waals surface area contributed by atoms with Gasteiger partial charge in [-0.1, -0.05) is 6.07 Å². The number of amides is 2. The maximum Gasteiger partial charge on any atom is 0.412 e. The Balaban J connectivity index is 1.76. The number of rotatable bonds is 7. The summed E-state index contributed by atoms with van der Waals surface area (Å²) < 4.78 is 10.7. The number of nitrogens with zero attached hydrogens (tertiary/aromatic N) is 3. The minimum absolute atomic E-state index is 0.0729. The van der Waals surface area contributed by atoms with Crippen molar-refractivity contribution in [3.63, 3.8) is 0 Å². The molecule has 10 nitrogen and oxygen atoms in total. The highest BCUT2D eigenvalue weighted by Crippen LogP contribution is 2.25. The molecule has 2 N–H and O–H groups in total. The number of fused-ring (bicyclic) bond motifs is 1. The smallest absolute Gasteiger partial charge is 0.412 e. The molecule has 0 spiro atoms. The second-order valence-corrected chi connectivity index (χ2v) is 10.1. The molecular weight excluding hydrogens is 462 g/mol. The molecular formula is C26H33N5O5. The molecule has 0 unspecified atom stereocenters. The van der Waals surface area contributed by atoms with E-state index in [-0.39, 0.29) is 17.3 Å². The van der Waals surface area contributed by atoms with E-state index in [1.165, 1.54) is 0 Å². The van der Waals surface area contributed by atoms with Gasteiger partial charge in [-0.25, -0.2) is 9.59 Å². The maximum absolute atomic E-state index is 13.1. The largest absolute Gasteiger partial charge is 0.444 e. The summed E-state index contributed by atoms with van der Waals surface area (Å²) in [4.78, 5) is 48.4. The van der Waals surface area contributed by atoms with Gasteiger partial charge in [0.25, 0.3) is 6.01 Å². The van der Waals surface area contributed by atoms with Gasteiger partial charge in [-0.3, -0.25) is 15.1 Å². The Hall–Kier alpha value is -3.95. The lowest BCUT2D eigenvalue weighted by Gasteiger charge is -2.30. The van der Waals surface area contributed by atoms with E-state index in [1.807, 2.05) is 18.2 Å². The van der Waals surface area contributed by atoms with Crippen LogP contribution < -0.4 is 16.3 Å². The van der Waals surface area contributed by atoms with Crippen LogP contribution in [0, 0.1) is 6.92 Å². The van der Waals surface area contributed by atoms with Crippen molar-refractivity contribution in [2.75, 3.05) is 24.2 Å². The van der Waals surface area contributed by atoms with E-state index in [4.69, 9.17) is 9.15 Å². The van der Waals surface area contributed by atoms with E-state index < -0.39 is 22.9 Å². The average Bonchev–Trinajstić information content (AvgIpc) is 2.77.